The number of carbonyl (C=O) groups is 1. The molecule has 3 heterocycles. The Morgan fingerprint density at radius 1 is 1.27 bits per heavy atom. The molecule has 5 rings (SSSR count). The largest absolute Gasteiger partial charge is 0.494 e. The fourth-order valence-corrected chi connectivity index (χ4v) is 5.46. The summed E-state index contributed by atoms with van der Waals surface area (Å²) in [7, 11) is 1.61. The number of thiazole rings is 1. The lowest BCUT2D eigenvalue weighted by Gasteiger charge is -2.27. The summed E-state index contributed by atoms with van der Waals surface area (Å²) in [5.41, 5.74) is 2.24. The van der Waals surface area contributed by atoms with Gasteiger partial charge in [-0.3, -0.25) is 14.6 Å². The molecule has 172 valence electrons. The first-order chi connectivity index (χ1) is 16.2. The molecule has 1 N–H and O–H groups in total. The van der Waals surface area contributed by atoms with Gasteiger partial charge >= 0.3 is 0 Å². The summed E-state index contributed by atoms with van der Waals surface area (Å²) < 4.78 is 11.7. The van der Waals surface area contributed by atoms with Gasteiger partial charge in [0.2, 0.25) is 0 Å². The van der Waals surface area contributed by atoms with Crippen LogP contribution in [0.2, 0.25) is 5.02 Å². The number of nitrogens with one attached hydrogen (secondary N) is 1. The number of aromatic amines is 1. The van der Waals surface area contributed by atoms with Crippen LogP contribution in [0, 0.1) is 0 Å². The van der Waals surface area contributed by atoms with Crippen LogP contribution in [0.25, 0.3) is 21.1 Å². The minimum atomic E-state index is -0.0800. The van der Waals surface area contributed by atoms with E-state index in [0.717, 1.165) is 54.9 Å². The predicted octanol–water partition coefficient (Wildman–Crippen LogP) is 4.81. The van der Waals surface area contributed by atoms with E-state index in [9.17, 15) is 4.79 Å². The highest BCUT2D eigenvalue weighted by molar-refractivity contribution is 7.23. The van der Waals surface area contributed by atoms with Crippen molar-refractivity contribution in [2.24, 2.45) is 0 Å². The Morgan fingerprint density at radius 3 is 2.91 bits per heavy atom. The minimum Gasteiger partial charge on any atom is -0.494 e. The molecule has 2 aromatic heterocycles. The number of para-hydroxylation sites is 1. The number of halogens is 1. The lowest BCUT2D eigenvalue weighted by Crippen LogP contribution is -2.39. The van der Waals surface area contributed by atoms with E-state index in [4.69, 9.17) is 26.1 Å². The van der Waals surface area contributed by atoms with Gasteiger partial charge in [-0.1, -0.05) is 41.1 Å². The van der Waals surface area contributed by atoms with Crippen LogP contribution < -0.4 is 9.64 Å². The lowest BCUT2D eigenvalue weighted by atomic mass is 10.1. The first-order valence-corrected chi connectivity index (χ1v) is 12.2. The average molecular weight is 485 g/mol. The van der Waals surface area contributed by atoms with E-state index in [-0.39, 0.29) is 5.91 Å². The monoisotopic (exact) mass is 484 g/mol. The molecule has 2 aromatic carbocycles. The summed E-state index contributed by atoms with van der Waals surface area (Å²) in [4.78, 5) is 25.9. The van der Waals surface area contributed by atoms with Gasteiger partial charge in [0.25, 0.3) is 5.91 Å². The minimum absolute atomic E-state index is 0.0800. The van der Waals surface area contributed by atoms with Crippen LogP contribution in [0.15, 0.2) is 42.6 Å². The van der Waals surface area contributed by atoms with Crippen molar-refractivity contribution in [3.05, 3.63) is 53.2 Å². The molecule has 1 saturated heterocycles. The number of hydrogen-bond donors (Lipinski definition) is 1. The van der Waals surface area contributed by atoms with Crippen molar-refractivity contribution in [3.8, 4) is 5.75 Å². The van der Waals surface area contributed by atoms with E-state index in [0.29, 0.717) is 33.5 Å². The summed E-state index contributed by atoms with van der Waals surface area (Å²) in [6.45, 7) is 4.81. The molecule has 1 aliphatic rings. The van der Waals surface area contributed by atoms with Crippen molar-refractivity contribution in [2.75, 3.05) is 51.4 Å². The van der Waals surface area contributed by atoms with Gasteiger partial charge in [-0.15, -0.1) is 0 Å². The molecule has 1 amide bonds. The fourth-order valence-electron chi connectivity index (χ4n) is 4.18. The van der Waals surface area contributed by atoms with Crippen LogP contribution in [0.4, 0.5) is 5.13 Å². The summed E-state index contributed by atoms with van der Waals surface area (Å²) >= 11 is 7.87. The van der Waals surface area contributed by atoms with E-state index in [1.807, 2.05) is 24.3 Å². The number of amides is 1. The second-order valence-corrected chi connectivity index (χ2v) is 9.32. The van der Waals surface area contributed by atoms with Crippen LogP contribution in [-0.4, -0.2) is 67.3 Å². The number of rotatable bonds is 7. The number of fused-ring (bicyclic) bond motifs is 2. The number of anilines is 1. The molecule has 0 bridgehead atoms. The maximum atomic E-state index is 13.8. The van der Waals surface area contributed by atoms with E-state index < -0.39 is 0 Å². The van der Waals surface area contributed by atoms with Crippen molar-refractivity contribution >= 4 is 55.1 Å². The van der Waals surface area contributed by atoms with Crippen molar-refractivity contribution in [1.82, 2.24) is 14.9 Å². The molecule has 0 spiro atoms. The smallest absolute Gasteiger partial charge is 0.262 e. The molecule has 0 atom stereocenters. The third kappa shape index (κ3) is 4.44. The fraction of sp³-hybridized carbons (Fsp3) is 0.333. The summed E-state index contributed by atoms with van der Waals surface area (Å²) in [6, 6.07) is 11.4. The van der Waals surface area contributed by atoms with Gasteiger partial charge in [0.15, 0.2) is 5.13 Å². The summed E-state index contributed by atoms with van der Waals surface area (Å²) in [5.74, 6) is 0.563. The van der Waals surface area contributed by atoms with Gasteiger partial charge in [-0.05, 0) is 24.6 Å². The van der Waals surface area contributed by atoms with Crippen molar-refractivity contribution in [2.45, 2.75) is 6.42 Å². The van der Waals surface area contributed by atoms with E-state index in [1.165, 1.54) is 11.3 Å². The molecular weight excluding hydrogens is 460 g/mol. The standard InChI is InChI=1S/C24H25ClN4O3S/c1-31-20-8-7-18(25)22-21(20)27-24(33-22)29(10-4-9-28-11-13-32-14-12-28)23(30)17-15-26-19-6-3-2-5-16(17)19/h2-3,5-8,15,26H,4,9-14H2,1H3. The topological polar surface area (TPSA) is 70.7 Å². The van der Waals surface area contributed by atoms with Gasteiger partial charge in [0, 0.05) is 43.3 Å². The zero-order valence-corrected chi connectivity index (χ0v) is 19.9. The zero-order chi connectivity index (χ0) is 22.8. The molecule has 7 nitrogen and oxygen atoms in total. The highest BCUT2D eigenvalue weighted by Crippen LogP contribution is 2.39. The first kappa shape index (κ1) is 22.2. The Balaban J connectivity index is 1.48. The normalized spacial score (nSPS) is 14.7. The van der Waals surface area contributed by atoms with E-state index >= 15 is 0 Å². The van der Waals surface area contributed by atoms with Crippen molar-refractivity contribution in [3.63, 3.8) is 0 Å². The van der Waals surface area contributed by atoms with Gasteiger partial charge in [0.05, 0.1) is 35.6 Å². The summed E-state index contributed by atoms with van der Waals surface area (Å²) in [6.07, 6.45) is 2.61. The van der Waals surface area contributed by atoms with Crippen LogP contribution in [-0.2, 0) is 4.74 Å². The number of hydrogen-bond acceptors (Lipinski definition) is 6. The molecule has 0 saturated carbocycles. The van der Waals surface area contributed by atoms with E-state index in [1.54, 1.807) is 30.3 Å². The molecular formula is C24H25ClN4O3S. The Hall–Kier alpha value is -2.65. The molecule has 0 radical (unpaired) electrons. The molecule has 1 aliphatic heterocycles. The molecule has 9 heteroatoms. The Morgan fingerprint density at radius 2 is 2.09 bits per heavy atom. The maximum Gasteiger partial charge on any atom is 0.262 e. The SMILES string of the molecule is COc1ccc(Cl)c2sc(N(CCCN3CCOCC3)C(=O)c3c[nH]c4ccccc34)nc12. The molecule has 0 aliphatic carbocycles. The number of carbonyl (C=O) groups excluding carboxylic acids is 1. The van der Waals surface area contributed by atoms with Crippen LogP contribution >= 0.6 is 22.9 Å². The van der Waals surface area contributed by atoms with Gasteiger partial charge in [-0.2, -0.15) is 0 Å². The maximum absolute atomic E-state index is 13.8. The number of ether oxygens (including phenoxy) is 2. The molecule has 33 heavy (non-hydrogen) atoms. The number of nitrogens with zero attached hydrogens (tertiary/aromatic N) is 3. The number of H-pyrrole nitrogens is 1. The second kappa shape index (κ2) is 9.69. The summed E-state index contributed by atoms with van der Waals surface area (Å²) in [5, 5.41) is 2.12. The Labute approximate surface area is 200 Å². The average Bonchev–Trinajstić information content (AvgIpc) is 3.48. The highest BCUT2D eigenvalue weighted by atomic mass is 35.5. The number of aromatic nitrogens is 2. The van der Waals surface area contributed by atoms with Gasteiger partial charge < -0.3 is 14.5 Å². The third-order valence-electron chi connectivity index (χ3n) is 5.92. The Bertz CT molecular complexity index is 1280. The molecule has 0 unspecified atom stereocenters. The second-order valence-electron chi connectivity index (χ2n) is 7.94. The number of morpholine rings is 1. The van der Waals surface area contributed by atoms with Crippen LogP contribution in [0.5, 0.6) is 5.75 Å². The lowest BCUT2D eigenvalue weighted by molar-refractivity contribution is 0.0376. The predicted molar refractivity (Wildman–Crippen MR) is 133 cm³/mol. The Kier molecular flexibility index (Phi) is 6.50. The van der Waals surface area contributed by atoms with E-state index in [2.05, 4.69) is 9.88 Å². The first-order valence-electron chi connectivity index (χ1n) is 11.0. The molecule has 1 fully saturated rings. The number of methoxy groups -OCH3 is 1. The molecule has 4 aromatic rings. The quantitative estimate of drug-likeness (QED) is 0.407. The van der Waals surface area contributed by atoms with Gasteiger partial charge in [-0.25, -0.2) is 4.98 Å². The number of benzene rings is 2. The zero-order valence-electron chi connectivity index (χ0n) is 18.3. The highest BCUT2D eigenvalue weighted by Gasteiger charge is 2.25. The van der Waals surface area contributed by atoms with Gasteiger partial charge in [0.1, 0.15) is 11.3 Å². The van der Waals surface area contributed by atoms with Crippen LogP contribution in [0.1, 0.15) is 16.8 Å². The van der Waals surface area contributed by atoms with Crippen LogP contribution in [0.3, 0.4) is 0 Å². The van der Waals surface area contributed by atoms with Crippen molar-refractivity contribution in [1.29, 1.82) is 0 Å². The van der Waals surface area contributed by atoms with Crippen molar-refractivity contribution < 1.29 is 14.3 Å². The third-order valence-corrected chi connectivity index (χ3v) is 7.46.